The number of carbonyl (C=O) groups is 1. The van der Waals surface area contributed by atoms with Crippen LogP contribution in [-0.4, -0.2) is 40.4 Å². The van der Waals surface area contributed by atoms with Gasteiger partial charge in [0.25, 0.3) is 5.91 Å². The Kier molecular flexibility index (Phi) is 5.43. The Morgan fingerprint density at radius 3 is 2.64 bits per heavy atom. The number of rotatable bonds is 5. The monoisotopic (exact) mass is 338 g/mol. The summed E-state index contributed by atoms with van der Waals surface area (Å²) in [7, 11) is 0. The van der Waals surface area contributed by atoms with E-state index in [0.717, 1.165) is 26.1 Å². The summed E-state index contributed by atoms with van der Waals surface area (Å²) in [6.45, 7) is 10.3. The van der Waals surface area contributed by atoms with Crippen LogP contribution in [0.5, 0.6) is 0 Å². The second kappa shape index (κ2) is 7.74. The minimum atomic E-state index is -0.0935. The molecule has 132 valence electrons. The van der Waals surface area contributed by atoms with Gasteiger partial charge in [-0.05, 0) is 61.9 Å². The molecule has 1 amide bonds. The first-order valence-corrected chi connectivity index (χ1v) is 8.85. The fraction of sp³-hybridized carbons (Fsp3) is 0.450. The summed E-state index contributed by atoms with van der Waals surface area (Å²) in [4.78, 5) is 22.3. The van der Waals surface area contributed by atoms with Gasteiger partial charge in [0.1, 0.15) is 6.33 Å². The Morgan fingerprint density at radius 1 is 1.16 bits per heavy atom. The molecule has 1 atom stereocenters. The Bertz CT molecular complexity index is 745. The molecular weight excluding hydrogens is 312 g/mol. The molecule has 0 spiro atoms. The lowest BCUT2D eigenvalue weighted by atomic mass is 10.0. The molecule has 1 aliphatic heterocycles. The number of hydrogen-bond acceptors (Lipinski definition) is 4. The van der Waals surface area contributed by atoms with Gasteiger partial charge in [0, 0.05) is 32.0 Å². The molecule has 25 heavy (non-hydrogen) atoms. The molecule has 0 aliphatic carbocycles. The zero-order valence-corrected chi connectivity index (χ0v) is 15.2. The summed E-state index contributed by atoms with van der Waals surface area (Å²) in [5.74, 6) is 0.407. The van der Waals surface area contributed by atoms with Gasteiger partial charge < -0.3 is 5.32 Å². The average molecular weight is 338 g/mol. The molecule has 2 aromatic rings. The van der Waals surface area contributed by atoms with E-state index in [-0.39, 0.29) is 5.91 Å². The molecule has 1 aliphatic rings. The van der Waals surface area contributed by atoms with E-state index in [0.29, 0.717) is 18.0 Å². The standard InChI is InChI=1S/C20H26N4O/c1-14-6-16(3)18(7-15(14)2)12-24-5-4-17(11-24)8-23-20(25)19-9-21-13-22-10-19/h6-7,9-10,13,17H,4-5,8,11-12H2,1-3H3,(H,23,25)/t17-/m1/s1. The molecule has 0 unspecified atom stereocenters. The van der Waals surface area contributed by atoms with E-state index in [1.807, 2.05) is 0 Å². The van der Waals surface area contributed by atoms with E-state index in [4.69, 9.17) is 0 Å². The molecule has 1 N–H and O–H groups in total. The number of nitrogens with one attached hydrogen (secondary N) is 1. The minimum absolute atomic E-state index is 0.0935. The van der Waals surface area contributed by atoms with Crippen molar-refractivity contribution in [2.24, 2.45) is 5.92 Å². The zero-order chi connectivity index (χ0) is 17.8. The van der Waals surface area contributed by atoms with E-state index < -0.39 is 0 Å². The van der Waals surface area contributed by atoms with Gasteiger partial charge in [-0.25, -0.2) is 9.97 Å². The number of hydrogen-bond donors (Lipinski definition) is 1. The fourth-order valence-electron chi connectivity index (χ4n) is 3.41. The van der Waals surface area contributed by atoms with Gasteiger partial charge in [0.2, 0.25) is 0 Å². The number of nitrogens with zero attached hydrogens (tertiary/aromatic N) is 3. The van der Waals surface area contributed by atoms with Crippen LogP contribution in [0.15, 0.2) is 30.9 Å². The number of aromatic nitrogens is 2. The third-order valence-corrected chi connectivity index (χ3v) is 5.09. The first-order chi connectivity index (χ1) is 12.0. The second-order valence-corrected chi connectivity index (χ2v) is 7.09. The fourth-order valence-corrected chi connectivity index (χ4v) is 3.41. The third-order valence-electron chi connectivity index (χ3n) is 5.09. The van der Waals surface area contributed by atoms with Gasteiger partial charge in [0.05, 0.1) is 5.56 Å². The molecule has 0 radical (unpaired) electrons. The lowest BCUT2D eigenvalue weighted by molar-refractivity contribution is 0.0946. The Hall–Kier alpha value is -2.27. The predicted molar refractivity (Wildman–Crippen MR) is 98.4 cm³/mol. The van der Waals surface area contributed by atoms with Crippen molar-refractivity contribution >= 4 is 5.91 Å². The third kappa shape index (κ3) is 4.42. The molecule has 5 heteroatoms. The van der Waals surface area contributed by atoms with Crippen LogP contribution in [0.3, 0.4) is 0 Å². The van der Waals surface area contributed by atoms with Crippen molar-refractivity contribution in [2.75, 3.05) is 19.6 Å². The highest BCUT2D eigenvalue weighted by molar-refractivity contribution is 5.93. The largest absolute Gasteiger partial charge is 0.352 e. The Labute approximate surface area is 149 Å². The highest BCUT2D eigenvalue weighted by Gasteiger charge is 2.23. The van der Waals surface area contributed by atoms with Crippen molar-refractivity contribution in [2.45, 2.75) is 33.7 Å². The molecule has 1 aromatic heterocycles. The normalized spacial score (nSPS) is 17.6. The van der Waals surface area contributed by atoms with Crippen molar-refractivity contribution in [3.8, 4) is 0 Å². The Morgan fingerprint density at radius 2 is 1.88 bits per heavy atom. The summed E-state index contributed by atoms with van der Waals surface area (Å²) in [5, 5.41) is 3.01. The first kappa shape index (κ1) is 17.5. The molecular formula is C20H26N4O. The molecule has 5 nitrogen and oxygen atoms in total. The van der Waals surface area contributed by atoms with Crippen LogP contribution in [0.4, 0.5) is 0 Å². The molecule has 1 saturated heterocycles. The highest BCUT2D eigenvalue weighted by Crippen LogP contribution is 2.22. The van der Waals surface area contributed by atoms with E-state index in [9.17, 15) is 4.79 Å². The van der Waals surface area contributed by atoms with Gasteiger partial charge in [-0.2, -0.15) is 0 Å². The number of carbonyl (C=O) groups excluding carboxylic acids is 1. The zero-order valence-electron chi connectivity index (χ0n) is 15.2. The summed E-state index contributed by atoms with van der Waals surface area (Å²) in [6, 6.07) is 4.59. The summed E-state index contributed by atoms with van der Waals surface area (Å²) < 4.78 is 0. The quantitative estimate of drug-likeness (QED) is 0.910. The van der Waals surface area contributed by atoms with E-state index in [1.54, 1.807) is 12.4 Å². The van der Waals surface area contributed by atoms with Crippen LogP contribution in [-0.2, 0) is 6.54 Å². The molecule has 0 saturated carbocycles. The SMILES string of the molecule is Cc1cc(C)c(CN2CC[C@H](CNC(=O)c3cncnc3)C2)cc1C. The Balaban J connectivity index is 1.51. The van der Waals surface area contributed by atoms with Crippen LogP contribution in [0.25, 0.3) is 0 Å². The van der Waals surface area contributed by atoms with Gasteiger partial charge >= 0.3 is 0 Å². The van der Waals surface area contributed by atoms with Crippen molar-refractivity contribution in [3.05, 3.63) is 58.7 Å². The van der Waals surface area contributed by atoms with E-state index >= 15 is 0 Å². The predicted octanol–water partition coefficient (Wildman–Crippen LogP) is 2.65. The van der Waals surface area contributed by atoms with Crippen LogP contribution < -0.4 is 5.32 Å². The van der Waals surface area contributed by atoms with Crippen LogP contribution >= 0.6 is 0 Å². The lowest BCUT2D eigenvalue weighted by Gasteiger charge is -2.19. The molecule has 3 rings (SSSR count). The van der Waals surface area contributed by atoms with E-state index in [2.05, 4.69) is 53.1 Å². The van der Waals surface area contributed by atoms with Gasteiger partial charge in [-0.3, -0.25) is 9.69 Å². The van der Waals surface area contributed by atoms with Crippen molar-refractivity contribution < 1.29 is 4.79 Å². The summed E-state index contributed by atoms with van der Waals surface area (Å²) in [5.41, 5.74) is 6.00. The van der Waals surface area contributed by atoms with Gasteiger partial charge in [-0.15, -0.1) is 0 Å². The lowest BCUT2D eigenvalue weighted by Crippen LogP contribution is -2.31. The molecule has 1 fully saturated rings. The number of likely N-dealkylation sites (tertiary alicyclic amines) is 1. The maximum Gasteiger partial charge on any atom is 0.254 e. The molecule has 0 bridgehead atoms. The first-order valence-electron chi connectivity index (χ1n) is 8.85. The smallest absolute Gasteiger partial charge is 0.254 e. The maximum absolute atomic E-state index is 12.1. The average Bonchev–Trinajstić information content (AvgIpc) is 3.06. The number of benzene rings is 1. The van der Waals surface area contributed by atoms with Crippen LogP contribution in [0.2, 0.25) is 0 Å². The van der Waals surface area contributed by atoms with Crippen LogP contribution in [0.1, 0.15) is 39.0 Å². The van der Waals surface area contributed by atoms with Crippen molar-refractivity contribution in [3.63, 3.8) is 0 Å². The van der Waals surface area contributed by atoms with Crippen molar-refractivity contribution in [1.82, 2.24) is 20.2 Å². The molecule has 1 aromatic carbocycles. The number of amides is 1. The van der Waals surface area contributed by atoms with Crippen molar-refractivity contribution in [1.29, 1.82) is 0 Å². The minimum Gasteiger partial charge on any atom is -0.352 e. The van der Waals surface area contributed by atoms with Gasteiger partial charge in [-0.1, -0.05) is 12.1 Å². The number of aryl methyl sites for hydroxylation is 3. The summed E-state index contributed by atoms with van der Waals surface area (Å²) in [6.07, 6.45) is 5.65. The topological polar surface area (TPSA) is 58.1 Å². The maximum atomic E-state index is 12.1. The summed E-state index contributed by atoms with van der Waals surface area (Å²) >= 11 is 0. The second-order valence-electron chi connectivity index (χ2n) is 7.09. The van der Waals surface area contributed by atoms with Gasteiger partial charge in [0.15, 0.2) is 0 Å². The van der Waals surface area contributed by atoms with E-state index in [1.165, 1.54) is 28.6 Å². The van der Waals surface area contributed by atoms with Crippen LogP contribution in [0, 0.1) is 26.7 Å². The highest BCUT2D eigenvalue weighted by atomic mass is 16.1. The molecule has 2 heterocycles.